The van der Waals surface area contributed by atoms with Crippen LogP contribution in [-0.4, -0.2) is 50.6 Å². The van der Waals surface area contributed by atoms with E-state index in [0.717, 1.165) is 4.68 Å². The maximum Gasteiger partial charge on any atom is 0.363 e. The lowest BCUT2D eigenvalue weighted by Crippen LogP contribution is -2.14. The van der Waals surface area contributed by atoms with Gasteiger partial charge in [-0.2, -0.15) is 5.10 Å². The van der Waals surface area contributed by atoms with E-state index in [1.807, 2.05) is 0 Å². The van der Waals surface area contributed by atoms with Crippen LogP contribution < -0.4 is 0 Å². The Morgan fingerprint density at radius 1 is 1.44 bits per heavy atom. The van der Waals surface area contributed by atoms with Gasteiger partial charge in [0.2, 0.25) is 11.4 Å². The number of methoxy groups -OCH3 is 1. The van der Waals surface area contributed by atoms with Gasteiger partial charge >= 0.3 is 17.6 Å². The predicted molar refractivity (Wildman–Crippen MR) is 54.7 cm³/mol. The first-order chi connectivity index (χ1) is 8.40. The number of aromatic nitrogens is 2. The van der Waals surface area contributed by atoms with Crippen LogP contribution >= 0.6 is 0 Å². The van der Waals surface area contributed by atoms with E-state index in [4.69, 9.17) is 10.2 Å². The van der Waals surface area contributed by atoms with Crippen LogP contribution in [-0.2, 0) is 11.3 Å². The van der Waals surface area contributed by atoms with E-state index >= 15 is 0 Å². The topological polar surface area (TPSA) is 145 Å². The highest BCUT2D eigenvalue weighted by molar-refractivity contribution is 5.98. The van der Waals surface area contributed by atoms with Crippen LogP contribution in [0.5, 0.6) is 0 Å². The highest BCUT2D eigenvalue weighted by Gasteiger charge is 2.35. The Hall–Kier alpha value is -2.49. The van der Waals surface area contributed by atoms with Crippen molar-refractivity contribution in [1.82, 2.24) is 9.78 Å². The van der Waals surface area contributed by atoms with Gasteiger partial charge in [-0.25, -0.2) is 14.3 Å². The summed E-state index contributed by atoms with van der Waals surface area (Å²) in [4.78, 5) is 31.4. The second-order valence-electron chi connectivity index (χ2n) is 3.13. The minimum atomic E-state index is -1.67. The number of rotatable bonds is 6. The average molecular weight is 259 g/mol. The van der Waals surface area contributed by atoms with Gasteiger partial charge in [0.1, 0.15) is 0 Å². The lowest BCUT2D eigenvalue weighted by Gasteiger charge is -2.01. The molecule has 0 radical (unpaired) electrons. The zero-order valence-corrected chi connectivity index (χ0v) is 9.19. The fourth-order valence-corrected chi connectivity index (χ4v) is 1.32. The molecule has 0 bridgehead atoms. The molecule has 18 heavy (non-hydrogen) atoms. The number of hydrogen-bond acceptors (Lipinski definition) is 6. The number of carboxylic acid groups (broad SMARTS) is 2. The van der Waals surface area contributed by atoms with E-state index in [2.05, 4.69) is 9.84 Å². The maximum absolute atomic E-state index is 10.9. The standard InChI is InChI=1S/C8H9N3O7/c1-18-3-2-10-6(8(14)15)5(11(16)17)4(9-10)7(12)13/h2-3H2,1H3,(H,12,13)(H,14,15). The molecule has 2 N–H and O–H groups in total. The summed E-state index contributed by atoms with van der Waals surface area (Å²) in [7, 11) is 1.34. The molecule has 1 heterocycles. The van der Waals surface area contributed by atoms with Crippen molar-refractivity contribution in [3.8, 4) is 0 Å². The molecule has 10 nitrogen and oxygen atoms in total. The third kappa shape index (κ3) is 2.43. The Bertz CT molecular complexity index is 507. The van der Waals surface area contributed by atoms with Crippen LogP contribution in [0.15, 0.2) is 0 Å². The number of nitrogens with zero attached hydrogens (tertiary/aromatic N) is 3. The first kappa shape index (κ1) is 13.6. The highest BCUT2D eigenvalue weighted by Crippen LogP contribution is 2.23. The van der Waals surface area contributed by atoms with Gasteiger partial charge in [-0.05, 0) is 0 Å². The Morgan fingerprint density at radius 2 is 2.06 bits per heavy atom. The fourth-order valence-electron chi connectivity index (χ4n) is 1.32. The lowest BCUT2D eigenvalue weighted by atomic mass is 10.3. The largest absolute Gasteiger partial charge is 0.476 e. The van der Waals surface area contributed by atoms with Crippen molar-refractivity contribution in [2.45, 2.75) is 6.54 Å². The minimum absolute atomic E-state index is 0.0399. The number of ether oxygens (including phenoxy) is 1. The van der Waals surface area contributed by atoms with Crippen molar-refractivity contribution in [2.75, 3.05) is 13.7 Å². The fraction of sp³-hybridized carbons (Fsp3) is 0.375. The van der Waals surface area contributed by atoms with Gasteiger partial charge in [-0.3, -0.25) is 10.1 Å². The van der Waals surface area contributed by atoms with Crippen molar-refractivity contribution in [1.29, 1.82) is 0 Å². The Labute approximate surface area is 99.5 Å². The molecule has 0 spiro atoms. The van der Waals surface area contributed by atoms with Crippen molar-refractivity contribution >= 4 is 17.6 Å². The van der Waals surface area contributed by atoms with Crippen LogP contribution in [0.4, 0.5) is 5.69 Å². The zero-order chi connectivity index (χ0) is 13.9. The van der Waals surface area contributed by atoms with Crippen LogP contribution in [0, 0.1) is 10.1 Å². The molecule has 0 unspecified atom stereocenters. The Morgan fingerprint density at radius 3 is 2.44 bits per heavy atom. The quantitative estimate of drug-likeness (QED) is 0.529. The third-order valence-electron chi connectivity index (χ3n) is 2.02. The van der Waals surface area contributed by atoms with Crippen molar-refractivity contribution in [3.63, 3.8) is 0 Å². The van der Waals surface area contributed by atoms with E-state index in [9.17, 15) is 19.7 Å². The highest BCUT2D eigenvalue weighted by atomic mass is 16.6. The Balaban J connectivity index is 3.43. The molecule has 0 fully saturated rings. The van der Waals surface area contributed by atoms with Gasteiger partial charge < -0.3 is 14.9 Å². The number of nitro groups is 1. The molecule has 0 aromatic carbocycles. The SMILES string of the molecule is COCCn1nc(C(=O)O)c([N+](=O)[O-])c1C(=O)O. The molecule has 0 aliphatic heterocycles. The van der Waals surface area contributed by atoms with E-state index < -0.39 is 33.9 Å². The number of carboxylic acids is 2. The molecule has 0 saturated heterocycles. The monoisotopic (exact) mass is 259 g/mol. The number of carbonyl (C=O) groups is 2. The van der Waals surface area contributed by atoms with E-state index in [1.165, 1.54) is 7.11 Å². The van der Waals surface area contributed by atoms with Crippen LogP contribution in [0.1, 0.15) is 21.0 Å². The van der Waals surface area contributed by atoms with Crippen LogP contribution in [0.25, 0.3) is 0 Å². The third-order valence-corrected chi connectivity index (χ3v) is 2.02. The summed E-state index contributed by atoms with van der Waals surface area (Å²) in [5.41, 5.74) is -2.73. The minimum Gasteiger partial charge on any atom is -0.476 e. The molecule has 1 aromatic heterocycles. The zero-order valence-electron chi connectivity index (χ0n) is 9.19. The molecular weight excluding hydrogens is 250 g/mol. The summed E-state index contributed by atoms with van der Waals surface area (Å²) in [5.74, 6) is -3.29. The Kier molecular flexibility index (Phi) is 3.94. The van der Waals surface area contributed by atoms with Gasteiger partial charge in [0, 0.05) is 7.11 Å². The van der Waals surface area contributed by atoms with Gasteiger partial charge in [-0.1, -0.05) is 0 Å². The van der Waals surface area contributed by atoms with Gasteiger partial charge in [0.05, 0.1) is 18.1 Å². The molecule has 0 aliphatic carbocycles. The van der Waals surface area contributed by atoms with Crippen molar-refractivity contribution < 1.29 is 29.5 Å². The molecule has 0 atom stereocenters. The predicted octanol–water partition coefficient (Wildman–Crippen LogP) is -0.166. The summed E-state index contributed by atoms with van der Waals surface area (Å²) in [5, 5.41) is 31.8. The molecule has 98 valence electrons. The summed E-state index contributed by atoms with van der Waals surface area (Å²) < 4.78 is 5.41. The first-order valence-electron chi connectivity index (χ1n) is 4.60. The molecule has 1 aromatic rings. The molecule has 0 saturated carbocycles. The number of hydrogen-bond donors (Lipinski definition) is 2. The van der Waals surface area contributed by atoms with E-state index in [-0.39, 0.29) is 13.2 Å². The van der Waals surface area contributed by atoms with Gasteiger partial charge in [0.15, 0.2) is 0 Å². The summed E-state index contributed by atoms with van der Waals surface area (Å²) in [6.07, 6.45) is 0. The second-order valence-corrected chi connectivity index (χ2v) is 3.13. The van der Waals surface area contributed by atoms with Crippen LogP contribution in [0.2, 0.25) is 0 Å². The summed E-state index contributed by atoms with van der Waals surface area (Å²) in [6, 6.07) is 0. The average Bonchev–Trinajstić information content (AvgIpc) is 2.65. The molecule has 10 heteroatoms. The maximum atomic E-state index is 10.9. The first-order valence-corrected chi connectivity index (χ1v) is 4.60. The second kappa shape index (κ2) is 5.23. The van der Waals surface area contributed by atoms with Crippen molar-refractivity contribution in [2.24, 2.45) is 0 Å². The van der Waals surface area contributed by atoms with Gasteiger partial charge in [0.25, 0.3) is 0 Å². The molecular formula is C8H9N3O7. The lowest BCUT2D eigenvalue weighted by molar-refractivity contribution is -0.385. The van der Waals surface area contributed by atoms with Crippen LogP contribution in [0.3, 0.4) is 0 Å². The normalized spacial score (nSPS) is 10.3. The van der Waals surface area contributed by atoms with Gasteiger partial charge in [-0.15, -0.1) is 0 Å². The van der Waals surface area contributed by atoms with E-state index in [0.29, 0.717) is 0 Å². The smallest absolute Gasteiger partial charge is 0.363 e. The van der Waals surface area contributed by atoms with Crippen molar-refractivity contribution in [3.05, 3.63) is 21.5 Å². The molecule has 1 rings (SSSR count). The van der Waals surface area contributed by atoms with E-state index in [1.54, 1.807) is 0 Å². The summed E-state index contributed by atoms with van der Waals surface area (Å²) in [6.45, 7) is -0.0651. The molecule has 0 aliphatic rings. The summed E-state index contributed by atoms with van der Waals surface area (Å²) >= 11 is 0. The number of aromatic carboxylic acids is 2. The molecule has 0 amide bonds.